The Bertz CT molecular complexity index is 1130. The number of aromatic nitrogens is 2. The van der Waals surface area contributed by atoms with E-state index in [9.17, 15) is 18.0 Å². The number of thiazole rings is 1. The first-order valence-electron chi connectivity index (χ1n) is 10.4. The van der Waals surface area contributed by atoms with Crippen LogP contribution in [0.25, 0.3) is 11.3 Å². The first-order chi connectivity index (χ1) is 15.1. The van der Waals surface area contributed by atoms with E-state index in [1.54, 1.807) is 22.3 Å². The molecule has 5 nitrogen and oxygen atoms in total. The molecular formula is C23H25F3N4OS. The number of halogens is 3. The summed E-state index contributed by atoms with van der Waals surface area (Å²) in [7, 11) is 0. The molecule has 9 heteroatoms. The molecule has 1 aromatic carbocycles. The van der Waals surface area contributed by atoms with Crippen molar-refractivity contribution in [2.45, 2.75) is 33.5 Å². The van der Waals surface area contributed by atoms with Gasteiger partial charge in [0.15, 0.2) is 0 Å². The lowest BCUT2D eigenvalue weighted by molar-refractivity contribution is -0.137. The number of rotatable bonds is 4. The van der Waals surface area contributed by atoms with Gasteiger partial charge in [-0.2, -0.15) is 13.2 Å². The van der Waals surface area contributed by atoms with Gasteiger partial charge in [0.05, 0.1) is 16.3 Å². The molecule has 0 aliphatic carbocycles. The Kier molecular flexibility index (Phi) is 6.03. The number of aryl methyl sites for hydroxylation is 2. The summed E-state index contributed by atoms with van der Waals surface area (Å²) in [5.41, 5.74) is 3.84. The molecule has 3 aromatic rings. The number of hydrogen-bond acceptors (Lipinski definition) is 4. The van der Waals surface area contributed by atoms with Crippen molar-refractivity contribution in [3.05, 3.63) is 57.7 Å². The highest BCUT2D eigenvalue weighted by molar-refractivity contribution is 7.09. The first-order valence-corrected chi connectivity index (χ1v) is 11.3. The fourth-order valence-electron chi connectivity index (χ4n) is 4.12. The van der Waals surface area contributed by atoms with Crippen LogP contribution in [0.4, 0.5) is 18.9 Å². The average molecular weight is 463 g/mol. The van der Waals surface area contributed by atoms with E-state index >= 15 is 0 Å². The summed E-state index contributed by atoms with van der Waals surface area (Å²) < 4.78 is 41.0. The largest absolute Gasteiger partial charge is 0.416 e. The van der Waals surface area contributed by atoms with E-state index in [4.69, 9.17) is 0 Å². The quantitative estimate of drug-likeness (QED) is 0.554. The Hall–Kier alpha value is -2.81. The van der Waals surface area contributed by atoms with E-state index in [1.807, 2.05) is 35.6 Å². The van der Waals surface area contributed by atoms with Crippen molar-refractivity contribution in [1.29, 1.82) is 0 Å². The zero-order valence-electron chi connectivity index (χ0n) is 18.2. The molecule has 1 aliphatic rings. The second-order valence-electron chi connectivity index (χ2n) is 8.04. The normalized spacial score (nSPS) is 14.8. The molecule has 0 bridgehead atoms. The number of carbonyl (C=O) groups is 1. The number of anilines is 1. The van der Waals surface area contributed by atoms with Gasteiger partial charge in [0.2, 0.25) is 5.91 Å². The van der Waals surface area contributed by atoms with Gasteiger partial charge < -0.3 is 14.4 Å². The third-order valence-electron chi connectivity index (χ3n) is 5.93. The van der Waals surface area contributed by atoms with Crippen molar-refractivity contribution < 1.29 is 18.0 Å². The van der Waals surface area contributed by atoms with E-state index in [1.165, 1.54) is 12.1 Å². The van der Waals surface area contributed by atoms with Crippen LogP contribution >= 0.6 is 11.3 Å². The lowest BCUT2D eigenvalue weighted by Gasteiger charge is -2.36. The fourth-order valence-corrected chi connectivity index (χ4v) is 4.73. The highest BCUT2D eigenvalue weighted by Crippen LogP contribution is 2.32. The summed E-state index contributed by atoms with van der Waals surface area (Å²) in [6.07, 6.45) is -4.36. The molecule has 0 radical (unpaired) electrons. The zero-order chi connectivity index (χ0) is 23.0. The minimum absolute atomic E-state index is 0.0106. The molecule has 1 aliphatic heterocycles. The van der Waals surface area contributed by atoms with Gasteiger partial charge in [-0.3, -0.25) is 4.79 Å². The molecule has 0 atom stereocenters. The van der Waals surface area contributed by atoms with Gasteiger partial charge in [0.1, 0.15) is 6.54 Å². The molecule has 1 amide bonds. The fraction of sp³-hybridized carbons (Fsp3) is 0.391. The third kappa shape index (κ3) is 4.53. The molecule has 2 aromatic heterocycles. The number of nitrogens with zero attached hydrogens (tertiary/aromatic N) is 4. The number of amides is 1. The van der Waals surface area contributed by atoms with Crippen LogP contribution < -0.4 is 4.90 Å². The molecule has 4 rings (SSSR count). The first kappa shape index (κ1) is 22.4. The lowest BCUT2D eigenvalue weighted by atomic mass is 10.1. The van der Waals surface area contributed by atoms with Crippen LogP contribution in [0.15, 0.2) is 35.7 Å². The van der Waals surface area contributed by atoms with Gasteiger partial charge >= 0.3 is 6.18 Å². The van der Waals surface area contributed by atoms with E-state index in [2.05, 4.69) is 11.1 Å². The zero-order valence-corrected chi connectivity index (χ0v) is 19.1. The van der Waals surface area contributed by atoms with Crippen molar-refractivity contribution >= 4 is 22.9 Å². The standard InChI is InChI=1S/C23H25F3N4OS/c1-15-11-20(21-14-32-17(3)27-21)16(2)30(15)13-22(31)29-9-7-28(8-10-29)19-6-4-5-18(12-19)23(24,25)26/h4-6,11-12,14H,7-10,13H2,1-3H3. The molecule has 1 fully saturated rings. The van der Waals surface area contributed by atoms with Crippen molar-refractivity contribution in [3.8, 4) is 11.3 Å². The second kappa shape index (κ2) is 8.61. The van der Waals surface area contributed by atoms with Crippen molar-refractivity contribution in [1.82, 2.24) is 14.5 Å². The van der Waals surface area contributed by atoms with Crippen LogP contribution in [0.1, 0.15) is 22.0 Å². The predicted molar refractivity (Wildman–Crippen MR) is 120 cm³/mol. The predicted octanol–water partition coefficient (Wildman–Crippen LogP) is 4.90. The Labute approximate surface area is 189 Å². The molecule has 170 valence electrons. The van der Waals surface area contributed by atoms with Crippen LogP contribution in [0.2, 0.25) is 0 Å². The van der Waals surface area contributed by atoms with Crippen molar-refractivity contribution in [2.75, 3.05) is 31.1 Å². The van der Waals surface area contributed by atoms with Gasteiger partial charge in [-0.05, 0) is 45.0 Å². The van der Waals surface area contributed by atoms with Crippen LogP contribution in [-0.2, 0) is 17.5 Å². The molecule has 0 N–H and O–H groups in total. The summed E-state index contributed by atoms with van der Waals surface area (Å²) in [5.74, 6) is 0.0106. The minimum Gasteiger partial charge on any atom is -0.368 e. The SMILES string of the molecule is Cc1nc(-c2cc(C)n(CC(=O)N3CCN(c4cccc(C(F)(F)F)c4)CC3)c2C)cs1. The molecule has 32 heavy (non-hydrogen) atoms. The third-order valence-corrected chi connectivity index (χ3v) is 6.71. The molecule has 0 spiro atoms. The Morgan fingerprint density at radius 1 is 1.09 bits per heavy atom. The highest BCUT2D eigenvalue weighted by atomic mass is 32.1. The molecule has 1 saturated heterocycles. The Morgan fingerprint density at radius 3 is 2.44 bits per heavy atom. The van der Waals surface area contributed by atoms with Gasteiger partial charge in [-0.1, -0.05) is 6.07 Å². The number of carbonyl (C=O) groups excluding carboxylic acids is 1. The van der Waals surface area contributed by atoms with Gasteiger partial charge in [-0.15, -0.1) is 11.3 Å². The maximum atomic E-state index is 13.0. The topological polar surface area (TPSA) is 41.4 Å². The lowest BCUT2D eigenvalue weighted by Crippen LogP contribution is -2.49. The average Bonchev–Trinajstić information content (AvgIpc) is 3.31. The molecule has 0 saturated carbocycles. The minimum atomic E-state index is -4.36. The van der Waals surface area contributed by atoms with Crippen molar-refractivity contribution in [3.63, 3.8) is 0 Å². The smallest absolute Gasteiger partial charge is 0.368 e. The van der Waals surface area contributed by atoms with Gasteiger partial charge in [0.25, 0.3) is 0 Å². The van der Waals surface area contributed by atoms with Gasteiger partial charge in [0, 0.05) is 54.2 Å². The van der Waals surface area contributed by atoms with E-state index in [-0.39, 0.29) is 12.5 Å². The maximum Gasteiger partial charge on any atom is 0.416 e. The van der Waals surface area contributed by atoms with Crippen LogP contribution in [0, 0.1) is 20.8 Å². The highest BCUT2D eigenvalue weighted by Gasteiger charge is 2.31. The van der Waals surface area contributed by atoms with Gasteiger partial charge in [-0.25, -0.2) is 4.98 Å². The maximum absolute atomic E-state index is 13.0. The van der Waals surface area contributed by atoms with Crippen LogP contribution in [0.3, 0.4) is 0 Å². The molecule has 0 unspecified atom stereocenters. The number of benzene rings is 1. The summed E-state index contributed by atoms with van der Waals surface area (Å²) in [6.45, 7) is 8.14. The van der Waals surface area contributed by atoms with Crippen LogP contribution in [-0.4, -0.2) is 46.5 Å². The number of alkyl halides is 3. The van der Waals surface area contributed by atoms with Crippen molar-refractivity contribution in [2.24, 2.45) is 0 Å². The molecular weight excluding hydrogens is 437 g/mol. The van der Waals surface area contributed by atoms with E-state index in [0.29, 0.717) is 31.9 Å². The summed E-state index contributed by atoms with van der Waals surface area (Å²) in [5, 5.41) is 3.02. The number of piperazine rings is 1. The van der Waals surface area contributed by atoms with E-state index < -0.39 is 11.7 Å². The summed E-state index contributed by atoms with van der Waals surface area (Å²) in [6, 6.07) is 7.41. The number of hydrogen-bond donors (Lipinski definition) is 0. The monoisotopic (exact) mass is 462 g/mol. The summed E-state index contributed by atoms with van der Waals surface area (Å²) >= 11 is 1.60. The van der Waals surface area contributed by atoms with Crippen LogP contribution in [0.5, 0.6) is 0 Å². The van der Waals surface area contributed by atoms with E-state index in [0.717, 1.165) is 33.7 Å². The Balaban J connectivity index is 1.41. The summed E-state index contributed by atoms with van der Waals surface area (Å²) in [4.78, 5) is 21.2. The second-order valence-corrected chi connectivity index (χ2v) is 9.10. The molecule has 3 heterocycles. The Morgan fingerprint density at radius 2 is 1.81 bits per heavy atom.